The first-order valence-corrected chi connectivity index (χ1v) is 8.41. The van der Waals surface area contributed by atoms with Crippen molar-refractivity contribution < 1.29 is 33.3 Å². The number of carbonyl (C=O) groups is 3. The summed E-state index contributed by atoms with van der Waals surface area (Å²) in [5.41, 5.74) is 1.49. The van der Waals surface area contributed by atoms with Gasteiger partial charge in [-0.1, -0.05) is 12.1 Å². The van der Waals surface area contributed by atoms with Crippen LogP contribution in [0.5, 0.6) is 0 Å². The number of rotatable bonds is 4. The quantitative estimate of drug-likeness (QED) is 0.582. The van der Waals surface area contributed by atoms with Gasteiger partial charge in [0.15, 0.2) is 24.5 Å². The first-order valence-electron chi connectivity index (χ1n) is 8.41. The van der Waals surface area contributed by atoms with Crippen molar-refractivity contribution in [3.63, 3.8) is 0 Å². The maximum Gasteiger partial charge on any atom is 0.303 e. The van der Waals surface area contributed by atoms with Gasteiger partial charge in [-0.15, -0.1) is 0 Å². The molecular weight excluding hydrogens is 356 g/mol. The van der Waals surface area contributed by atoms with Gasteiger partial charge in [-0.25, -0.2) is 4.98 Å². The van der Waals surface area contributed by atoms with Crippen LogP contribution in [-0.4, -0.2) is 52.4 Å². The molecule has 4 atom stereocenters. The number of imidazole rings is 1. The highest BCUT2D eigenvalue weighted by Gasteiger charge is 2.47. The van der Waals surface area contributed by atoms with Crippen molar-refractivity contribution >= 4 is 28.9 Å². The number of aromatic nitrogens is 2. The van der Waals surface area contributed by atoms with Crippen LogP contribution in [0.1, 0.15) is 27.0 Å². The second-order valence-corrected chi connectivity index (χ2v) is 6.16. The molecule has 1 aromatic heterocycles. The molecule has 2 heterocycles. The summed E-state index contributed by atoms with van der Waals surface area (Å²) < 4.78 is 23.5. The molecule has 27 heavy (non-hydrogen) atoms. The Balaban J connectivity index is 2.01. The van der Waals surface area contributed by atoms with Crippen LogP contribution in [0, 0.1) is 0 Å². The van der Waals surface area contributed by atoms with Crippen molar-refractivity contribution in [3.8, 4) is 0 Å². The van der Waals surface area contributed by atoms with Gasteiger partial charge in [-0.05, 0) is 12.1 Å². The molecule has 1 aliphatic rings. The molecule has 1 saturated heterocycles. The zero-order valence-electron chi connectivity index (χ0n) is 15.2. The Kier molecular flexibility index (Phi) is 5.41. The van der Waals surface area contributed by atoms with E-state index >= 15 is 0 Å². The maximum absolute atomic E-state index is 11.7. The minimum atomic E-state index is -1.03. The largest absolute Gasteiger partial charge is 0.456 e. The highest BCUT2D eigenvalue weighted by Crippen LogP contribution is 2.32. The van der Waals surface area contributed by atoms with Crippen molar-refractivity contribution in [1.82, 2.24) is 9.55 Å². The van der Waals surface area contributed by atoms with E-state index in [2.05, 4.69) is 4.98 Å². The van der Waals surface area contributed by atoms with Crippen LogP contribution in [0.2, 0.25) is 0 Å². The van der Waals surface area contributed by atoms with E-state index in [0.29, 0.717) is 0 Å². The molecule has 0 amide bonds. The van der Waals surface area contributed by atoms with Gasteiger partial charge in [0.1, 0.15) is 0 Å². The fraction of sp³-hybridized carbons (Fsp3) is 0.444. The molecule has 1 aromatic carbocycles. The fourth-order valence-electron chi connectivity index (χ4n) is 3.14. The number of hydrogen-bond acceptors (Lipinski definition) is 8. The zero-order chi connectivity index (χ0) is 19.6. The molecule has 3 rings (SSSR count). The highest BCUT2D eigenvalue weighted by atomic mass is 16.6. The normalized spacial score (nSPS) is 25.0. The summed E-state index contributed by atoms with van der Waals surface area (Å²) in [6, 6.07) is 7.37. The third kappa shape index (κ3) is 4.08. The van der Waals surface area contributed by atoms with Crippen molar-refractivity contribution in [1.29, 1.82) is 0 Å². The molecule has 0 radical (unpaired) electrons. The van der Waals surface area contributed by atoms with Gasteiger partial charge in [0.25, 0.3) is 0 Å². The van der Waals surface area contributed by atoms with Crippen LogP contribution in [0.4, 0.5) is 0 Å². The second kappa shape index (κ2) is 7.75. The molecule has 0 aliphatic carbocycles. The topological polar surface area (TPSA) is 106 Å². The van der Waals surface area contributed by atoms with E-state index in [4.69, 9.17) is 18.9 Å². The predicted octanol–water partition coefficient (Wildman–Crippen LogP) is 1.36. The molecular formula is C18H20N2O7. The third-order valence-electron chi connectivity index (χ3n) is 4.08. The van der Waals surface area contributed by atoms with Gasteiger partial charge in [0.2, 0.25) is 0 Å². The van der Waals surface area contributed by atoms with E-state index in [1.807, 2.05) is 24.3 Å². The number of carbonyl (C=O) groups excluding carboxylic acids is 3. The van der Waals surface area contributed by atoms with Gasteiger partial charge in [-0.2, -0.15) is 0 Å². The Hall–Kier alpha value is -2.94. The molecule has 0 unspecified atom stereocenters. The summed E-state index contributed by atoms with van der Waals surface area (Å²) >= 11 is 0. The number of ether oxygens (including phenoxy) is 4. The minimum absolute atomic E-state index is 0.0353. The molecule has 0 saturated carbocycles. The number of fused-ring (bicyclic) bond motifs is 1. The first-order chi connectivity index (χ1) is 12.9. The van der Waals surface area contributed by atoms with Crippen LogP contribution in [0.3, 0.4) is 0 Å². The fourth-order valence-corrected chi connectivity index (χ4v) is 3.14. The van der Waals surface area contributed by atoms with Gasteiger partial charge < -0.3 is 23.5 Å². The molecule has 1 aliphatic heterocycles. The van der Waals surface area contributed by atoms with Crippen LogP contribution in [0.15, 0.2) is 30.6 Å². The zero-order valence-corrected chi connectivity index (χ0v) is 15.2. The maximum atomic E-state index is 11.7. The predicted molar refractivity (Wildman–Crippen MR) is 91.4 cm³/mol. The van der Waals surface area contributed by atoms with Crippen molar-refractivity contribution in [2.75, 3.05) is 6.61 Å². The summed E-state index contributed by atoms with van der Waals surface area (Å²) in [6.45, 7) is 3.67. The lowest BCUT2D eigenvalue weighted by Crippen LogP contribution is -2.55. The van der Waals surface area contributed by atoms with Gasteiger partial charge in [0.05, 0.1) is 24.0 Å². The molecule has 9 heteroatoms. The third-order valence-corrected chi connectivity index (χ3v) is 4.08. The summed E-state index contributed by atoms with van der Waals surface area (Å²) in [5.74, 6) is -1.74. The smallest absolute Gasteiger partial charge is 0.303 e. The lowest BCUT2D eigenvalue weighted by atomic mass is 10.0. The average Bonchev–Trinajstić information content (AvgIpc) is 3.00. The summed E-state index contributed by atoms with van der Waals surface area (Å²) in [7, 11) is 0. The average molecular weight is 376 g/mol. The van der Waals surface area contributed by atoms with E-state index in [1.54, 1.807) is 10.9 Å². The monoisotopic (exact) mass is 376 g/mol. The van der Waals surface area contributed by atoms with Crippen molar-refractivity contribution in [3.05, 3.63) is 30.6 Å². The summed E-state index contributed by atoms with van der Waals surface area (Å²) in [6.07, 6.45) is -2.19. The molecule has 0 spiro atoms. The Labute approximate surface area is 155 Å². The molecule has 1 fully saturated rings. The van der Waals surface area contributed by atoms with E-state index in [1.165, 1.54) is 20.8 Å². The van der Waals surface area contributed by atoms with Crippen molar-refractivity contribution in [2.24, 2.45) is 0 Å². The summed E-state index contributed by atoms with van der Waals surface area (Å²) in [5, 5.41) is 0. The van der Waals surface area contributed by atoms with Crippen LogP contribution >= 0.6 is 0 Å². The Morgan fingerprint density at radius 2 is 1.63 bits per heavy atom. The number of nitrogens with zero attached hydrogens (tertiary/aromatic N) is 2. The van der Waals surface area contributed by atoms with E-state index in [-0.39, 0.29) is 6.61 Å². The molecule has 0 bridgehead atoms. The molecule has 2 aromatic rings. The Morgan fingerprint density at radius 1 is 1.00 bits per heavy atom. The van der Waals surface area contributed by atoms with Crippen LogP contribution in [-0.2, 0) is 33.3 Å². The van der Waals surface area contributed by atoms with Crippen molar-refractivity contribution in [2.45, 2.75) is 45.3 Å². The van der Waals surface area contributed by atoms with E-state index < -0.39 is 42.4 Å². The number of hydrogen-bond donors (Lipinski definition) is 0. The lowest BCUT2D eigenvalue weighted by molar-refractivity contribution is -0.239. The van der Waals surface area contributed by atoms with E-state index in [9.17, 15) is 14.4 Å². The van der Waals surface area contributed by atoms with Gasteiger partial charge in [0, 0.05) is 20.8 Å². The van der Waals surface area contributed by atoms with E-state index in [0.717, 1.165) is 11.0 Å². The van der Waals surface area contributed by atoms with Gasteiger partial charge >= 0.3 is 17.9 Å². The SMILES string of the molecule is CC(=O)O[C@@H]1[C@H](OC(C)=O)[C@H](OC(C)=O)CO[C@H]1n1cnc2ccccc21. The molecule has 144 valence electrons. The number of para-hydroxylation sites is 2. The summed E-state index contributed by atoms with van der Waals surface area (Å²) in [4.78, 5) is 39.0. The number of benzene rings is 1. The van der Waals surface area contributed by atoms with Crippen LogP contribution in [0.25, 0.3) is 11.0 Å². The Morgan fingerprint density at radius 3 is 2.30 bits per heavy atom. The molecule has 9 nitrogen and oxygen atoms in total. The first kappa shape index (κ1) is 18.8. The highest BCUT2D eigenvalue weighted by molar-refractivity contribution is 5.75. The number of esters is 3. The lowest BCUT2D eigenvalue weighted by Gasteiger charge is -2.40. The Bertz CT molecular complexity index is 862. The van der Waals surface area contributed by atoms with Gasteiger partial charge in [-0.3, -0.25) is 14.4 Å². The van der Waals surface area contributed by atoms with Crippen LogP contribution < -0.4 is 0 Å². The molecule has 0 N–H and O–H groups in total. The standard InChI is InChI=1S/C18H20N2O7/c1-10(21)25-15-8-24-18(17(27-12(3)23)16(15)26-11(2)22)20-9-19-13-6-4-5-7-14(13)20/h4-7,9,15-18H,8H2,1-3H3/t15-,16-,17-,18-/m1/s1. The minimum Gasteiger partial charge on any atom is -0.456 e. The second-order valence-electron chi connectivity index (χ2n) is 6.16.